The quantitative estimate of drug-likeness (QED) is 0.453. The van der Waals surface area contributed by atoms with Crippen molar-refractivity contribution >= 4 is 15.9 Å². The molecule has 3 aliphatic heterocycles. The van der Waals surface area contributed by atoms with Gasteiger partial charge in [0, 0.05) is 67.9 Å². The molecule has 0 radical (unpaired) electrons. The number of sulfonamides is 1. The van der Waals surface area contributed by atoms with Crippen molar-refractivity contribution in [2.45, 2.75) is 54.8 Å². The van der Waals surface area contributed by atoms with Crippen LogP contribution >= 0.6 is 0 Å². The van der Waals surface area contributed by atoms with E-state index in [1.54, 1.807) is 13.3 Å². The van der Waals surface area contributed by atoms with Gasteiger partial charge in [0.1, 0.15) is 28.3 Å². The van der Waals surface area contributed by atoms with E-state index in [0.717, 1.165) is 22.0 Å². The molecule has 1 aromatic heterocycles. The molecule has 234 valence electrons. The van der Waals surface area contributed by atoms with E-state index in [9.17, 15) is 27.1 Å². The molecule has 0 unspecified atom stereocenters. The number of carbonyl (C=O) groups is 1. The molecule has 4 heterocycles. The van der Waals surface area contributed by atoms with Crippen LogP contribution in [0.15, 0.2) is 59.6 Å². The number of amides is 1. The van der Waals surface area contributed by atoms with Crippen LogP contribution in [-0.4, -0.2) is 84.7 Å². The molecule has 10 nitrogen and oxygen atoms in total. The average Bonchev–Trinajstić information content (AvgIpc) is 3.41. The van der Waals surface area contributed by atoms with Crippen molar-refractivity contribution < 1.29 is 36.6 Å². The maximum Gasteiger partial charge on any atom is 0.247 e. The number of aromatic nitrogens is 1. The van der Waals surface area contributed by atoms with Crippen molar-refractivity contribution in [1.29, 1.82) is 0 Å². The van der Waals surface area contributed by atoms with Crippen LogP contribution in [0.1, 0.15) is 31.2 Å². The molecule has 1 amide bonds. The fourth-order valence-electron chi connectivity index (χ4n) is 6.39. The number of aliphatic hydroxyl groups excluding tert-OH is 1. The van der Waals surface area contributed by atoms with Gasteiger partial charge in [-0.25, -0.2) is 22.2 Å². The minimum Gasteiger partial charge on any atom is -0.492 e. The average molecular weight is 629 g/mol. The Morgan fingerprint density at radius 2 is 1.93 bits per heavy atom. The topological polar surface area (TPSA) is 121 Å². The second kappa shape index (κ2) is 12.0. The predicted octanol–water partition coefficient (Wildman–Crippen LogP) is 3.09. The number of aliphatic hydroxyl groups is 1. The Labute approximate surface area is 254 Å². The molecular formula is C31H34F2N4O6S. The highest BCUT2D eigenvalue weighted by atomic mass is 32.2. The summed E-state index contributed by atoms with van der Waals surface area (Å²) < 4.78 is 68.6. The number of carbonyl (C=O) groups excluding carboxylic acids is 1. The van der Waals surface area contributed by atoms with Gasteiger partial charge < -0.3 is 19.9 Å². The first-order valence-corrected chi connectivity index (χ1v) is 16.0. The summed E-state index contributed by atoms with van der Waals surface area (Å²) in [5.74, 6) is -1.43. The van der Waals surface area contributed by atoms with Crippen LogP contribution in [0, 0.1) is 11.6 Å². The van der Waals surface area contributed by atoms with Crippen molar-refractivity contribution in [1.82, 2.24) is 19.5 Å². The second-order valence-electron chi connectivity index (χ2n) is 11.6. The number of likely N-dealkylation sites (tertiary alicyclic amines) is 1. The molecule has 2 N–H and O–H groups in total. The van der Waals surface area contributed by atoms with Crippen molar-refractivity contribution in [3.05, 3.63) is 71.9 Å². The van der Waals surface area contributed by atoms with Gasteiger partial charge in [0.25, 0.3) is 0 Å². The Kier molecular flexibility index (Phi) is 8.31. The minimum absolute atomic E-state index is 0.00280. The number of halogens is 2. The molecule has 0 saturated carbocycles. The first-order valence-electron chi connectivity index (χ1n) is 14.5. The van der Waals surface area contributed by atoms with Crippen LogP contribution < -0.4 is 14.8 Å². The van der Waals surface area contributed by atoms with E-state index in [1.165, 1.54) is 24.3 Å². The van der Waals surface area contributed by atoms with E-state index < -0.39 is 45.2 Å². The van der Waals surface area contributed by atoms with E-state index in [1.807, 2.05) is 12.1 Å². The van der Waals surface area contributed by atoms with E-state index in [2.05, 4.69) is 15.2 Å². The van der Waals surface area contributed by atoms with E-state index in [-0.39, 0.29) is 35.8 Å². The number of piperidine rings is 1. The van der Waals surface area contributed by atoms with Crippen LogP contribution in [0.3, 0.4) is 0 Å². The summed E-state index contributed by atoms with van der Waals surface area (Å²) in [4.78, 5) is 20.1. The molecule has 0 bridgehead atoms. The summed E-state index contributed by atoms with van der Waals surface area (Å²) in [7, 11) is -2.72. The Morgan fingerprint density at radius 3 is 2.68 bits per heavy atom. The number of methoxy groups -OCH3 is 1. The monoisotopic (exact) mass is 628 g/mol. The summed E-state index contributed by atoms with van der Waals surface area (Å²) in [6.45, 7) is 1.76. The van der Waals surface area contributed by atoms with Gasteiger partial charge in [0.05, 0.1) is 19.8 Å². The molecule has 1 spiro atoms. The molecule has 13 heteroatoms. The summed E-state index contributed by atoms with van der Waals surface area (Å²) in [5, 5.41) is 13.6. The highest BCUT2D eigenvalue weighted by molar-refractivity contribution is 7.89. The van der Waals surface area contributed by atoms with Gasteiger partial charge in [-0.15, -0.1) is 0 Å². The number of ether oxygens (including phenoxy) is 2. The van der Waals surface area contributed by atoms with Gasteiger partial charge >= 0.3 is 0 Å². The molecular weight excluding hydrogens is 594 g/mol. The number of hydrogen-bond donors (Lipinski definition) is 2. The van der Waals surface area contributed by atoms with E-state index in [0.29, 0.717) is 50.3 Å². The Hall–Kier alpha value is -3.65. The first-order chi connectivity index (χ1) is 21.1. The Bertz CT molecular complexity index is 1660. The Balaban J connectivity index is 1.31. The smallest absolute Gasteiger partial charge is 0.247 e. The lowest BCUT2D eigenvalue weighted by Crippen LogP contribution is -2.59. The van der Waals surface area contributed by atoms with E-state index >= 15 is 0 Å². The third-order valence-electron chi connectivity index (χ3n) is 8.79. The van der Waals surface area contributed by atoms with Crippen LogP contribution in [0.4, 0.5) is 8.78 Å². The number of hydrogen-bond acceptors (Lipinski definition) is 8. The van der Waals surface area contributed by atoms with Gasteiger partial charge in [0.2, 0.25) is 21.8 Å². The van der Waals surface area contributed by atoms with Gasteiger partial charge in [-0.2, -0.15) is 4.31 Å². The third-order valence-corrected chi connectivity index (χ3v) is 10.7. The lowest BCUT2D eigenvalue weighted by atomic mass is 9.84. The maximum absolute atomic E-state index is 14.7. The van der Waals surface area contributed by atoms with Gasteiger partial charge in [-0.3, -0.25) is 9.69 Å². The van der Waals surface area contributed by atoms with Crippen molar-refractivity contribution in [2.75, 3.05) is 33.4 Å². The number of pyridine rings is 1. The number of benzene rings is 2. The van der Waals surface area contributed by atoms with Crippen LogP contribution in [0.25, 0.3) is 11.1 Å². The summed E-state index contributed by atoms with van der Waals surface area (Å²) >= 11 is 0. The predicted molar refractivity (Wildman–Crippen MR) is 156 cm³/mol. The normalized spacial score (nSPS) is 23.6. The van der Waals surface area contributed by atoms with Gasteiger partial charge in [-0.05, 0) is 48.7 Å². The standard InChI is InChI=1S/C31H34F2N4O6S/c1-42-30-21(3-2-11-34-30)18-36-12-8-31(9-13-36)10-14-43-27-15-20(24-6-5-22(32)16-25(24)33)4-7-28(27)44(40,41)37-19-23(38)17-26(37)29(39)35-31/h2-7,11,15-16,23,26,38H,8-10,12-14,17-19H2,1H3,(H,35,39)/t23-,26+/m1/s1. The summed E-state index contributed by atoms with van der Waals surface area (Å²) in [5.41, 5.74) is 0.671. The maximum atomic E-state index is 14.7. The van der Waals surface area contributed by atoms with Crippen LogP contribution in [0.2, 0.25) is 0 Å². The zero-order chi connectivity index (χ0) is 31.1. The zero-order valence-corrected chi connectivity index (χ0v) is 25.0. The fraction of sp³-hybridized carbons (Fsp3) is 0.419. The first kappa shape index (κ1) is 30.4. The molecule has 3 aromatic rings. The Morgan fingerprint density at radius 1 is 1.14 bits per heavy atom. The lowest BCUT2D eigenvalue weighted by molar-refractivity contribution is -0.127. The lowest BCUT2D eigenvalue weighted by Gasteiger charge is -2.43. The molecule has 2 fully saturated rings. The van der Waals surface area contributed by atoms with Crippen LogP contribution in [0.5, 0.6) is 11.6 Å². The number of rotatable bonds is 4. The number of fused-ring (bicyclic) bond motifs is 2. The van der Waals surface area contributed by atoms with Crippen LogP contribution in [-0.2, 0) is 21.4 Å². The molecule has 44 heavy (non-hydrogen) atoms. The third kappa shape index (κ3) is 5.88. The van der Waals surface area contributed by atoms with Crippen molar-refractivity contribution in [3.8, 4) is 22.8 Å². The number of nitrogens with zero attached hydrogens (tertiary/aromatic N) is 3. The highest BCUT2D eigenvalue weighted by Crippen LogP contribution is 2.38. The van der Waals surface area contributed by atoms with Crippen molar-refractivity contribution in [3.63, 3.8) is 0 Å². The molecule has 2 aromatic carbocycles. The number of nitrogens with one attached hydrogen (secondary N) is 1. The second-order valence-corrected chi connectivity index (χ2v) is 13.4. The SMILES string of the molecule is COc1ncccc1CN1CCC2(CCOc3cc(-c4ccc(F)cc4F)ccc3S(=O)(=O)N3C[C@H](O)C[C@H]3C(=O)N2)CC1. The van der Waals surface area contributed by atoms with Gasteiger partial charge in [-0.1, -0.05) is 12.1 Å². The molecule has 3 aliphatic rings. The van der Waals surface area contributed by atoms with Gasteiger partial charge in [0.15, 0.2) is 0 Å². The van der Waals surface area contributed by atoms with Crippen molar-refractivity contribution in [2.24, 2.45) is 0 Å². The molecule has 0 aliphatic carbocycles. The zero-order valence-electron chi connectivity index (χ0n) is 24.2. The molecule has 6 rings (SSSR count). The van der Waals surface area contributed by atoms with E-state index in [4.69, 9.17) is 9.47 Å². The molecule has 2 atom stereocenters. The summed E-state index contributed by atoms with van der Waals surface area (Å²) in [6, 6.07) is 10.0. The largest absolute Gasteiger partial charge is 0.492 e. The minimum atomic E-state index is -4.30. The fourth-order valence-corrected chi connectivity index (χ4v) is 8.14. The molecule has 2 saturated heterocycles. The summed E-state index contributed by atoms with van der Waals surface area (Å²) in [6.07, 6.45) is 2.18. The highest BCUT2D eigenvalue weighted by Gasteiger charge is 2.47.